The van der Waals surface area contributed by atoms with Crippen LogP contribution in [0.1, 0.15) is 43.9 Å². The summed E-state index contributed by atoms with van der Waals surface area (Å²) >= 11 is 0. The van der Waals surface area contributed by atoms with E-state index < -0.39 is 0 Å². The summed E-state index contributed by atoms with van der Waals surface area (Å²) in [5.74, 6) is 0.223. The molecule has 0 bridgehead atoms. The number of carbonyl (C=O) groups is 1. The number of hydrogen-bond donors (Lipinski definition) is 0. The largest absolute Gasteiger partial charge is 0.315 e. The lowest BCUT2D eigenvalue weighted by molar-refractivity contribution is -0.118. The van der Waals surface area contributed by atoms with Gasteiger partial charge < -0.3 is 4.90 Å². The normalized spacial score (nSPS) is 16.1. The minimum Gasteiger partial charge on any atom is -0.315 e. The lowest BCUT2D eigenvalue weighted by atomic mass is 9.78. The summed E-state index contributed by atoms with van der Waals surface area (Å²) in [5.41, 5.74) is 5.33. The predicted molar refractivity (Wildman–Crippen MR) is 71.6 cm³/mol. The Kier molecular flexibility index (Phi) is 2.76. The molecule has 0 atom stereocenters. The fourth-order valence-electron chi connectivity index (χ4n) is 2.90. The summed E-state index contributed by atoms with van der Waals surface area (Å²) in [5, 5.41) is 0. The highest BCUT2D eigenvalue weighted by atomic mass is 16.2. The van der Waals surface area contributed by atoms with Crippen LogP contribution in [0.4, 0.5) is 5.69 Å². The number of rotatable bonds is 0. The van der Waals surface area contributed by atoms with Gasteiger partial charge >= 0.3 is 0 Å². The maximum absolute atomic E-state index is 11.7. The van der Waals surface area contributed by atoms with Crippen molar-refractivity contribution in [1.82, 2.24) is 0 Å². The van der Waals surface area contributed by atoms with Crippen molar-refractivity contribution in [2.75, 3.05) is 11.9 Å². The highest BCUT2D eigenvalue weighted by Crippen LogP contribution is 2.37. The Hall–Kier alpha value is -1.31. The van der Waals surface area contributed by atoms with Crippen LogP contribution in [0.5, 0.6) is 0 Å². The molecular formula is C15H21NO. The van der Waals surface area contributed by atoms with Gasteiger partial charge in [-0.2, -0.15) is 0 Å². The third-order valence-corrected chi connectivity index (χ3v) is 3.57. The van der Waals surface area contributed by atoms with Gasteiger partial charge in [-0.15, -0.1) is 0 Å². The summed E-state index contributed by atoms with van der Waals surface area (Å²) in [6.07, 6.45) is 1.52. The van der Waals surface area contributed by atoms with Gasteiger partial charge in [0, 0.05) is 19.2 Å². The molecule has 1 amide bonds. The molecule has 0 spiro atoms. The summed E-state index contributed by atoms with van der Waals surface area (Å²) < 4.78 is 0. The lowest BCUT2D eigenvalue weighted by Gasteiger charge is -2.33. The molecule has 0 saturated carbocycles. The molecule has 0 aliphatic carbocycles. The highest BCUT2D eigenvalue weighted by Gasteiger charge is 2.28. The van der Waals surface area contributed by atoms with Crippen LogP contribution in [0.2, 0.25) is 0 Å². The zero-order valence-electron chi connectivity index (χ0n) is 11.4. The summed E-state index contributed by atoms with van der Waals surface area (Å²) in [6, 6.07) is 4.21. The second-order valence-corrected chi connectivity index (χ2v) is 5.96. The molecule has 0 fully saturated rings. The smallest absolute Gasteiger partial charge is 0.227 e. The number of amides is 1. The van der Waals surface area contributed by atoms with Gasteiger partial charge in [0.1, 0.15) is 0 Å². The second kappa shape index (κ2) is 3.86. The van der Waals surface area contributed by atoms with Crippen LogP contribution in [0.25, 0.3) is 0 Å². The van der Waals surface area contributed by atoms with Crippen LogP contribution in [-0.4, -0.2) is 13.0 Å². The van der Waals surface area contributed by atoms with E-state index in [1.54, 1.807) is 4.90 Å². The summed E-state index contributed by atoms with van der Waals surface area (Å²) in [6.45, 7) is 8.89. The Labute approximate surface area is 104 Å². The second-order valence-electron chi connectivity index (χ2n) is 5.96. The van der Waals surface area contributed by atoms with E-state index in [-0.39, 0.29) is 11.3 Å². The molecule has 0 saturated heterocycles. The number of hydrogen-bond acceptors (Lipinski definition) is 1. The minimum atomic E-state index is 0.136. The van der Waals surface area contributed by atoms with Gasteiger partial charge in [-0.3, -0.25) is 4.79 Å². The van der Waals surface area contributed by atoms with Crippen LogP contribution >= 0.6 is 0 Å². The van der Waals surface area contributed by atoms with Gasteiger partial charge in [-0.25, -0.2) is 0 Å². The van der Waals surface area contributed by atoms with Crippen LogP contribution in [0, 0.1) is 6.92 Å². The predicted octanol–water partition coefficient (Wildman–Crippen LogP) is 3.20. The molecule has 0 radical (unpaired) electrons. The molecule has 17 heavy (non-hydrogen) atoms. The van der Waals surface area contributed by atoms with Gasteiger partial charge in [0.15, 0.2) is 0 Å². The zero-order chi connectivity index (χ0) is 12.8. The average Bonchev–Trinajstić information content (AvgIpc) is 2.21. The fourth-order valence-corrected chi connectivity index (χ4v) is 2.90. The van der Waals surface area contributed by atoms with Gasteiger partial charge in [0.25, 0.3) is 0 Å². The maximum atomic E-state index is 11.7. The van der Waals surface area contributed by atoms with Crippen molar-refractivity contribution in [3.8, 4) is 0 Å². The first-order chi connectivity index (χ1) is 7.82. The number of anilines is 1. The van der Waals surface area contributed by atoms with Gasteiger partial charge in [-0.05, 0) is 41.5 Å². The molecule has 0 unspecified atom stereocenters. The maximum Gasteiger partial charge on any atom is 0.227 e. The van der Waals surface area contributed by atoms with E-state index in [0.717, 1.165) is 12.1 Å². The Morgan fingerprint density at radius 3 is 2.41 bits per heavy atom. The molecule has 1 heterocycles. The van der Waals surface area contributed by atoms with Crippen LogP contribution in [0.15, 0.2) is 12.1 Å². The van der Waals surface area contributed by atoms with E-state index in [4.69, 9.17) is 0 Å². The van der Waals surface area contributed by atoms with Crippen molar-refractivity contribution in [2.24, 2.45) is 0 Å². The van der Waals surface area contributed by atoms with E-state index in [1.165, 1.54) is 16.7 Å². The van der Waals surface area contributed by atoms with E-state index in [9.17, 15) is 4.79 Å². The van der Waals surface area contributed by atoms with Crippen LogP contribution in [-0.2, 0) is 16.6 Å². The Balaban J connectivity index is 2.66. The van der Waals surface area contributed by atoms with Gasteiger partial charge in [0.05, 0.1) is 0 Å². The van der Waals surface area contributed by atoms with Gasteiger partial charge in [-0.1, -0.05) is 26.8 Å². The van der Waals surface area contributed by atoms with Crippen molar-refractivity contribution in [1.29, 1.82) is 0 Å². The molecule has 1 aliphatic heterocycles. The Morgan fingerprint density at radius 2 is 1.82 bits per heavy atom. The first kappa shape index (κ1) is 12.2. The van der Waals surface area contributed by atoms with Crippen molar-refractivity contribution < 1.29 is 4.79 Å². The number of nitrogens with zero attached hydrogens (tertiary/aromatic N) is 1. The van der Waals surface area contributed by atoms with E-state index >= 15 is 0 Å². The van der Waals surface area contributed by atoms with Crippen molar-refractivity contribution in [3.05, 3.63) is 28.8 Å². The third kappa shape index (κ3) is 1.97. The van der Waals surface area contributed by atoms with Gasteiger partial charge in [0.2, 0.25) is 5.91 Å². The number of benzene rings is 1. The Morgan fingerprint density at radius 1 is 1.18 bits per heavy atom. The molecular weight excluding hydrogens is 210 g/mol. The van der Waals surface area contributed by atoms with Crippen LogP contribution in [0.3, 0.4) is 0 Å². The minimum absolute atomic E-state index is 0.136. The summed E-state index contributed by atoms with van der Waals surface area (Å²) in [4.78, 5) is 13.5. The van der Waals surface area contributed by atoms with Crippen molar-refractivity contribution >= 4 is 11.6 Å². The number of aryl methyl sites for hydroxylation is 1. The van der Waals surface area contributed by atoms with Crippen molar-refractivity contribution in [3.63, 3.8) is 0 Å². The first-order valence-electron chi connectivity index (χ1n) is 6.22. The number of fused-ring (bicyclic) bond motifs is 1. The Bertz CT molecular complexity index is 469. The zero-order valence-corrected chi connectivity index (χ0v) is 11.4. The molecule has 2 rings (SSSR count). The molecule has 92 valence electrons. The molecule has 1 aromatic carbocycles. The average molecular weight is 231 g/mol. The topological polar surface area (TPSA) is 20.3 Å². The van der Waals surface area contributed by atoms with Crippen LogP contribution < -0.4 is 4.90 Å². The SMILES string of the molecule is Cc1ccc2c(c1C(C)(C)C)CCC(=O)N2C. The fraction of sp³-hybridized carbons (Fsp3) is 0.533. The van der Waals surface area contributed by atoms with Crippen molar-refractivity contribution in [2.45, 2.75) is 46.0 Å². The number of carbonyl (C=O) groups excluding carboxylic acids is 1. The molecule has 2 heteroatoms. The first-order valence-corrected chi connectivity index (χ1v) is 6.22. The standard InChI is InChI=1S/C15H21NO/c1-10-6-8-12-11(14(10)15(2,3)4)7-9-13(17)16(12)5/h6,8H,7,9H2,1-5H3. The van der Waals surface area contributed by atoms with E-state index in [2.05, 4.69) is 39.8 Å². The van der Waals surface area contributed by atoms with E-state index in [1.807, 2.05) is 7.05 Å². The molecule has 1 aromatic rings. The summed E-state index contributed by atoms with van der Waals surface area (Å²) in [7, 11) is 1.88. The molecule has 1 aliphatic rings. The quantitative estimate of drug-likeness (QED) is 0.671. The lowest BCUT2D eigenvalue weighted by Crippen LogP contribution is -2.33. The third-order valence-electron chi connectivity index (χ3n) is 3.57. The molecule has 0 aromatic heterocycles. The molecule has 0 N–H and O–H groups in total. The monoisotopic (exact) mass is 231 g/mol. The van der Waals surface area contributed by atoms with E-state index in [0.29, 0.717) is 6.42 Å². The highest BCUT2D eigenvalue weighted by molar-refractivity contribution is 5.96. The molecule has 2 nitrogen and oxygen atoms in total.